The summed E-state index contributed by atoms with van der Waals surface area (Å²) in [6.45, 7) is 1.60. The zero-order valence-corrected chi connectivity index (χ0v) is 7.24. The van der Waals surface area contributed by atoms with Crippen LogP contribution in [0, 0.1) is 0 Å². The molecule has 0 aromatic rings. The Morgan fingerprint density at radius 1 is 1.73 bits per heavy atom. The van der Waals surface area contributed by atoms with Crippen LogP contribution >= 0.6 is 12.4 Å². The van der Waals surface area contributed by atoms with Crippen molar-refractivity contribution in [1.29, 1.82) is 0 Å². The number of esters is 1. The second-order valence-electron chi connectivity index (χ2n) is 2.19. The lowest BCUT2D eigenvalue weighted by atomic mass is 10.1. The van der Waals surface area contributed by atoms with Gasteiger partial charge in [-0.15, -0.1) is 12.4 Å². The molecular formula is C7H12ClNO2. The maximum absolute atomic E-state index is 10.8. The van der Waals surface area contributed by atoms with Gasteiger partial charge in [0.2, 0.25) is 0 Å². The second-order valence-corrected chi connectivity index (χ2v) is 2.19. The number of hydrogen-bond acceptors (Lipinski definition) is 3. The van der Waals surface area contributed by atoms with E-state index < -0.39 is 0 Å². The maximum Gasteiger partial charge on any atom is 0.334 e. The van der Waals surface area contributed by atoms with Crippen LogP contribution in [-0.2, 0) is 9.53 Å². The molecule has 1 rings (SSSR count). The van der Waals surface area contributed by atoms with Crippen LogP contribution in [0.3, 0.4) is 0 Å². The van der Waals surface area contributed by atoms with Crippen LogP contribution in [0.4, 0.5) is 0 Å². The van der Waals surface area contributed by atoms with Crippen molar-refractivity contribution in [3.05, 3.63) is 11.6 Å². The lowest BCUT2D eigenvalue weighted by Crippen LogP contribution is -2.26. The van der Waals surface area contributed by atoms with Crippen LogP contribution in [0.5, 0.6) is 0 Å². The van der Waals surface area contributed by atoms with Gasteiger partial charge in [0, 0.05) is 12.1 Å². The van der Waals surface area contributed by atoms with Crippen LogP contribution in [-0.4, -0.2) is 26.2 Å². The summed E-state index contributed by atoms with van der Waals surface area (Å²) in [5.74, 6) is -0.216. The van der Waals surface area contributed by atoms with Gasteiger partial charge in [0.15, 0.2) is 0 Å². The standard InChI is InChI=1S/C7H11NO2.ClH/c1-10-7(9)6-3-2-4-8-5-6;/h3,8H,2,4-5H2,1H3;1H. The highest BCUT2D eigenvalue weighted by molar-refractivity contribution is 5.88. The highest BCUT2D eigenvalue weighted by atomic mass is 35.5. The van der Waals surface area contributed by atoms with E-state index in [-0.39, 0.29) is 18.4 Å². The molecule has 0 atom stereocenters. The minimum absolute atomic E-state index is 0. The molecule has 0 unspecified atom stereocenters. The molecule has 0 radical (unpaired) electrons. The van der Waals surface area contributed by atoms with E-state index in [1.165, 1.54) is 7.11 Å². The van der Waals surface area contributed by atoms with Gasteiger partial charge in [0.05, 0.1) is 7.11 Å². The predicted octanol–water partition coefficient (Wildman–Crippen LogP) is 0.501. The number of carbonyl (C=O) groups is 1. The first-order valence-corrected chi connectivity index (χ1v) is 3.32. The number of rotatable bonds is 1. The molecule has 0 aromatic carbocycles. The summed E-state index contributed by atoms with van der Waals surface area (Å²) in [6.07, 6.45) is 2.84. The fourth-order valence-corrected chi connectivity index (χ4v) is 0.930. The van der Waals surface area contributed by atoms with Gasteiger partial charge in [0.1, 0.15) is 0 Å². The van der Waals surface area contributed by atoms with E-state index >= 15 is 0 Å². The fourth-order valence-electron chi connectivity index (χ4n) is 0.930. The van der Waals surface area contributed by atoms with Crippen LogP contribution in [0.25, 0.3) is 0 Å². The van der Waals surface area contributed by atoms with Gasteiger partial charge in [-0.05, 0) is 13.0 Å². The molecule has 0 amide bonds. The molecule has 1 aliphatic heterocycles. The highest BCUT2D eigenvalue weighted by Gasteiger charge is 2.10. The molecule has 64 valence electrons. The smallest absolute Gasteiger partial charge is 0.334 e. The van der Waals surface area contributed by atoms with E-state index in [2.05, 4.69) is 10.1 Å². The van der Waals surface area contributed by atoms with Crippen molar-refractivity contribution in [2.45, 2.75) is 6.42 Å². The third-order valence-corrected chi connectivity index (χ3v) is 1.47. The predicted molar refractivity (Wildman–Crippen MR) is 44.8 cm³/mol. The van der Waals surface area contributed by atoms with E-state index in [1.807, 2.05) is 6.08 Å². The summed E-state index contributed by atoms with van der Waals surface area (Å²) < 4.78 is 4.54. The summed E-state index contributed by atoms with van der Waals surface area (Å²) in [7, 11) is 1.40. The molecule has 0 fully saturated rings. The molecule has 1 N–H and O–H groups in total. The number of ether oxygens (including phenoxy) is 1. The van der Waals surface area contributed by atoms with Crippen molar-refractivity contribution >= 4 is 18.4 Å². The van der Waals surface area contributed by atoms with Gasteiger partial charge < -0.3 is 10.1 Å². The molecule has 0 spiro atoms. The third-order valence-electron chi connectivity index (χ3n) is 1.47. The maximum atomic E-state index is 10.8. The van der Waals surface area contributed by atoms with Crippen molar-refractivity contribution in [2.75, 3.05) is 20.2 Å². The SMILES string of the molecule is COC(=O)C1=CCCNC1.Cl. The van der Waals surface area contributed by atoms with Crippen LogP contribution < -0.4 is 5.32 Å². The highest BCUT2D eigenvalue weighted by Crippen LogP contribution is 2.01. The van der Waals surface area contributed by atoms with Crippen molar-refractivity contribution in [2.24, 2.45) is 0 Å². The lowest BCUT2D eigenvalue weighted by Gasteiger charge is -2.11. The number of nitrogens with one attached hydrogen (secondary N) is 1. The monoisotopic (exact) mass is 177 g/mol. The van der Waals surface area contributed by atoms with Crippen molar-refractivity contribution in [3.63, 3.8) is 0 Å². The zero-order valence-electron chi connectivity index (χ0n) is 6.42. The van der Waals surface area contributed by atoms with Gasteiger partial charge >= 0.3 is 5.97 Å². The average Bonchev–Trinajstić information content (AvgIpc) is 2.05. The quantitative estimate of drug-likeness (QED) is 0.593. The molecule has 0 saturated carbocycles. The van der Waals surface area contributed by atoms with E-state index in [0.717, 1.165) is 18.5 Å². The molecule has 4 heteroatoms. The molecule has 1 heterocycles. The second kappa shape index (κ2) is 5.16. The Labute approximate surface area is 72.2 Å². The van der Waals surface area contributed by atoms with Crippen LogP contribution in [0.15, 0.2) is 11.6 Å². The van der Waals surface area contributed by atoms with Gasteiger partial charge in [-0.2, -0.15) is 0 Å². The third kappa shape index (κ3) is 2.91. The number of halogens is 1. The van der Waals surface area contributed by atoms with Gasteiger partial charge in [-0.25, -0.2) is 4.79 Å². The Bertz CT molecular complexity index is 168. The Morgan fingerprint density at radius 2 is 2.45 bits per heavy atom. The molecule has 1 aliphatic rings. The summed E-state index contributed by atoms with van der Waals surface area (Å²) >= 11 is 0. The summed E-state index contributed by atoms with van der Waals surface area (Å²) in [4.78, 5) is 10.8. The molecule has 0 bridgehead atoms. The average molecular weight is 178 g/mol. The van der Waals surface area contributed by atoms with Crippen molar-refractivity contribution in [1.82, 2.24) is 5.32 Å². The minimum Gasteiger partial charge on any atom is -0.466 e. The largest absolute Gasteiger partial charge is 0.466 e. The first-order chi connectivity index (χ1) is 4.84. The fraction of sp³-hybridized carbons (Fsp3) is 0.571. The molecule has 11 heavy (non-hydrogen) atoms. The first kappa shape index (κ1) is 10.5. The van der Waals surface area contributed by atoms with E-state index in [4.69, 9.17) is 0 Å². The summed E-state index contributed by atoms with van der Waals surface area (Å²) in [5.41, 5.74) is 0.744. The minimum atomic E-state index is -0.216. The van der Waals surface area contributed by atoms with E-state index in [1.54, 1.807) is 0 Å². The Hall–Kier alpha value is -0.540. The molecule has 3 nitrogen and oxygen atoms in total. The summed E-state index contributed by atoms with van der Waals surface area (Å²) in [5, 5.41) is 3.08. The zero-order chi connectivity index (χ0) is 7.40. The number of methoxy groups -OCH3 is 1. The number of hydrogen-bond donors (Lipinski definition) is 1. The number of carbonyl (C=O) groups excluding carboxylic acids is 1. The van der Waals surface area contributed by atoms with E-state index in [0.29, 0.717) is 6.54 Å². The Balaban J connectivity index is 0.000001000. The van der Waals surface area contributed by atoms with Crippen LogP contribution in [0.2, 0.25) is 0 Å². The van der Waals surface area contributed by atoms with Gasteiger partial charge in [-0.3, -0.25) is 0 Å². The lowest BCUT2D eigenvalue weighted by molar-refractivity contribution is -0.136. The van der Waals surface area contributed by atoms with Crippen LogP contribution in [0.1, 0.15) is 6.42 Å². The van der Waals surface area contributed by atoms with E-state index in [9.17, 15) is 4.79 Å². The normalized spacial score (nSPS) is 16.3. The van der Waals surface area contributed by atoms with Gasteiger partial charge in [0.25, 0.3) is 0 Å². The summed E-state index contributed by atoms with van der Waals surface area (Å²) in [6, 6.07) is 0. The Morgan fingerprint density at radius 3 is 2.91 bits per heavy atom. The molecule has 0 saturated heterocycles. The topological polar surface area (TPSA) is 38.3 Å². The Kier molecular flexibility index (Phi) is 4.90. The molecule has 0 aromatic heterocycles. The molecule has 0 aliphatic carbocycles. The molecular weight excluding hydrogens is 166 g/mol. The first-order valence-electron chi connectivity index (χ1n) is 3.32. The van der Waals surface area contributed by atoms with Crippen molar-refractivity contribution in [3.8, 4) is 0 Å². The van der Waals surface area contributed by atoms with Gasteiger partial charge in [-0.1, -0.05) is 6.08 Å². The van der Waals surface area contributed by atoms with Crippen molar-refractivity contribution < 1.29 is 9.53 Å².